The average molecular weight is 267 g/mol. The molecule has 6 nitrogen and oxygen atoms in total. The van der Waals surface area contributed by atoms with Crippen LogP contribution in [0.3, 0.4) is 0 Å². The summed E-state index contributed by atoms with van der Waals surface area (Å²) in [6, 6.07) is 4.34. The fourth-order valence-corrected chi connectivity index (χ4v) is 2.79. The third-order valence-corrected chi connectivity index (χ3v) is 3.99. The maximum absolute atomic E-state index is 12.1. The molecule has 7 heteroatoms. The summed E-state index contributed by atoms with van der Waals surface area (Å²) < 4.78 is 31.8. The van der Waals surface area contributed by atoms with Crippen molar-refractivity contribution < 1.29 is 12.8 Å². The molecule has 18 heavy (non-hydrogen) atoms. The summed E-state index contributed by atoms with van der Waals surface area (Å²) in [5.41, 5.74) is 5.78. The van der Waals surface area contributed by atoms with E-state index < -0.39 is 16.1 Å². The molecule has 2 aromatic heterocycles. The minimum atomic E-state index is -3.71. The number of nitrogens with two attached hydrogens (primary N) is 1. The van der Waals surface area contributed by atoms with Crippen LogP contribution in [0.1, 0.15) is 18.7 Å². The molecule has 3 N–H and O–H groups in total. The van der Waals surface area contributed by atoms with Gasteiger partial charge in [0.1, 0.15) is 10.7 Å². The predicted molar refractivity (Wildman–Crippen MR) is 66.1 cm³/mol. The maximum atomic E-state index is 12.1. The zero-order valence-electron chi connectivity index (χ0n) is 9.70. The average Bonchev–Trinajstić information content (AvgIpc) is 2.82. The molecule has 0 aromatic carbocycles. The smallest absolute Gasteiger partial charge is 0.244 e. The van der Waals surface area contributed by atoms with E-state index in [9.17, 15) is 8.42 Å². The van der Waals surface area contributed by atoms with Crippen molar-refractivity contribution >= 4 is 15.7 Å². The van der Waals surface area contributed by atoms with Gasteiger partial charge in [-0.25, -0.2) is 13.1 Å². The van der Waals surface area contributed by atoms with Crippen LogP contribution in [0, 0.1) is 0 Å². The van der Waals surface area contributed by atoms with E-state index in [2.05, 4.69) is 9.71 Å². The monoisotopic (exact) mass is 267 g/mol. The van der Waals surface area contributed by atoms with Gasteiger partial charge in [-0.3, -0.25) is 4.98 Å². The molecular weight excluding hydrogens is 254 g/mol. The highest BCUT2D eigenvalue weighted by molar-refractivity contribution is 7.89. The summed E-state index contributed by atoms with van der Waals surface area (Å²) in [5, 5.41) is 0. The van der Waals surface area contributed by atoms with Crippen molar-refractivity contribution in [3.63, 3.8) is 0 Å². The van der Waals surface area contributed by atoms with Crippen molar-refractivity contribution in [3.8, 4) is 0 Å². The van der Waals surface area contributed by atoms with Gasteiger partial charge in [0.25, 0.3) is 0 Å². The molecule has 1 atom stereocenters. The highest BCUT2D eigenvalue weighted by atomic mass is 32.2. The van der Waals surface area contributed by atoms with E-state index in [0.717, 1.165) is 0 Å². The molecule has 0 aliphatic carbocycles. The molecule has 1 unspecified atom stereocenters. The lowest BCUT2D eigenvalue weighted by molar-refractivity contribution is 0.459. The van der Waals surface area contributed by atoms with Crippen molar-refractivity contribution in [1.29, 1.82) is 0 Å². The van der Waals surface area contributed by atoms with Crippen LogP contribution in [-0.4, -0.2) is 13.4 Å². The number of rotatable bonds is 4. The number of nitrogens with one attached hydrogen (secondary N) is 1. The third kappa shape index (κ3) is 2.52. The van der Waals surface area contributed by atoms with Crippen LogP contribution in [0.25, 0.3) is 0 Å². The van der Waals surface area contributed by atoms with Gasteiger partial charge < -0.3 is 10.2 Å². The molecule has 0 bridgehead atoms. The Morgan fingerprint density at radius 3 is 2.83 bits per heavy atom. The van der Waals surface area contributed by atoms with E-state index in [-0.39, 0.29) is 10.6 Å². The summed E-state index contributed by atoms with van der Waals surface area (Å²) >= 11 is 0. The first kappa shape index (κ1) is 12.6. The van der Waals surface area contributed by atoms with Crippen LogP contribution in [-0.2, 0) is 10.0 Å². The van der Waals surface area contributed by atoms with Gasteiger partial charge in [-0.05, 0) is 25.1 Å². The second kappa shape index (κ2) is 4.79. The number of nitrogens with zero attached hydrogens (tertiary/aromatic N) is 1. The van der Waals surface area contributed by atoms with Crippen LogP contribution in [0.2, 0.25) is 0 Å². The van der Waals surface area contributed by atoms with Gasteiger partial charge in [-0.1, -0.05) is 0 Å². The molecular formula is C11H13N3O3S. The topological polar surface area (TPSA) is 98.2 Å². The van der Waals surface area contributed by atoms with Crippen molar-refractivity contribution in [2.75, 3.05) is 5.73 Å². The lowest BCUT2D eigenvalue weighted by Crippen LogP contribution is -2.27. The Labute approximate surface area is 105 Å². The Morgan fingerprint density at radius 1 is 1.44 bits per heavy atom. The number of aromatic nitrogens is 1. The van der Waals surface area contributed by atoms with Gasteiger partial charge >= 0.3 is 0 Å². The van der Waals surface area contributed by atoms with E-state index in [0.29, 0.717) is 5.76 Å². The normalized spacial score (nSPS) is 13.4. The quantitative estimate of drug-likeness (QED) is 0.870. The van der Waals surface area contributed by atoms with E-state index in [1.54, 1.807) is 19.1 Å². The molecule has 2 rings (SSSR count). The molecule has 0 fully saturated rings. The van der Waals surface area contributed by atoms with Gasteiger partial charge in [0.15, 0.2) is 0 Å². The van der Waals surface area contributed by atoms with Gasteiger partial charge in [0.2, 0.25) is 10.0 Å². The predicted octanol–water partition coefficient (Wildman–Crippen LogP) is 1.30. The first-order valence-electron chi connectivity index (χ1n) is 5.26. The highest BCUT2D eigenvalue weighted by Crippen LogP contribution is 2.20. The van der Waals surface area contributed by atoms with Gasteiger partial charge in [-0.2, -0.15) is 0 Å². The minimum Gasteiger partial charge on any atom is -0.468 e. The molecule has 2 heterocycles. The fraction of sp³-hybridized carbons (Fsp3) is 0.182. The van der Waals surface area contributed by atoms with Gasteiger partial charge in [0, 0.05) is 12.4 Å². The van der Waals surface area contributed by atoms with Gasteiger partial charge in [-0.15, -0.1) is 0 Å². The van der Waals surface area contributed by atoms with Crippen LogP contribution >= 0.6 is 0 Å². The first-order valence-corrected chi connectivity index (χ1v) is 6.74. The molecule has 0 saturated carbocycles. The van der Waals surface area contributed by atoms with Crippen molar-refractivity contribution in [3.05, 3.63) is 42.6 Å². The largest absolute Gasteiger partial charge is 0.468 e. The van der Waals surface area contributed by atoms with Crippen molar-refractivity contribution in [1.82, 2.24) is 9.71 Å². The second-order valence-corrected chi connectivity index (χ2v) is 5.45. The SMILES string of the molecule is CC(NS(=O)(=O)c1cnccc1N)c1ccco1. The molecule has 0 aliphatic rings. The Balaban J connectivity index is 2.26. The summed E-state index contributed by atoms with van der Waals surface area (Å²) in [4.78, 5) is 3.72. The molecule has 2 aromatic rings. The summed E-state index contributed by atoms with van der Waals surface area (Å²) in [5.74, 6) is 0.529. The number of sulfonamides is 1. The molecule has 0 amide bonds. The zero-order valence-corrected chi connectivity index (χ0v) is 10.5. The number of furan rings is 1. The lowest BCUT2D eigenvalue weighted by Gasteiger charge is -2.12. The van der Waals surface area contributed by atoms with Crippen LogP contribution in [0.15, 0.2) is 46.2 Å². The number of hydrogen-bond acceptors (Lipinski definition) is 5. The van der Waals surface area contributed by atoms with Crippen molar-refractivity contribution in [2.45, 2.75) is 17.9 Å². The number of pyridine rings is 1. The molecule has 0 saturated heterocycles. The molecule has 0 radical (unpaired) electrons. The Hall–Kier alpha value is -1.86. The van der Waals surface area contributed by atoms with Gasteiger partial charge in [0.05, 0.1) is 18.0 Å². The van der Waals surface area contributed by atoms with Crippen LogP contribution in [0.5, 0.6) is 0 Å². The van der Waals surface area contributed by atoms with E-state index in [1.807, 2.05) is 0 Å². The number of nitrogen functional groups attached to an aromatic ring is 1. The Kier molecular flexibility index (Phi) is 3.35. The fourth-order valence-electron chi connectivity index (χ4n) is 1.51. The summed E-state index contributed by atoms with van der Waals surface area (Å²) in [6.45, 7) is 1.68. The lowest BCUT2D eigenvalue weighted by atomic mass is 10.3. The first-order chi connectivity index (χ1) is 8.50. The minimum absolute atomic E-state index is 0.0385. The Bertz CT molecular complexity index is 623. The van der Waals surface area contributed by atoms with Crippen LogP contribution < -0.4 is 10.5 Å². The van der Waals surface area contributed by atoms with Crippen molar-refractivity contribution in [2.24, 2.45) is 0 Å². The van der Waals surface area contributed by atoms with Crippen LogP contribution in [0.4, 0.5) is 5.69 Å². The Morgan fingerprint density at radius 2 is 2.22 bits per heavy atom. The molecule has 0 aliphatic heterocycles. The summed E-state index contributed by atoms with van der Waals surface area (Å²) in [6.07, 6.45) is 4.13. The summed E-state index contributed by atoms with van der Waals surface area (Å²) in [7, 11) is -3.71. The van der Waals surface area contributed by atoms with E-state index >= 15 is 0 Å². The standard InChI is InChI=1S/C11H13N3O3S/c1-8(10-3-2-6-17-10)14-18(15,16)11-7-13-5-4-9(11)12/h2-8,14H,1H3,(H2,12,13). The van der Waals surface area contributed by atoms with E-state index in [1.165, 1.54) is 24.7 Å². The maximum Gasteiger partial charge on any atom is 0.244 e. The second-order valence-electron chi connectivity index (χ2n) is 3.77. The zero-order chi connectivity index (χ0) is 13.2. The number of anilines is 1. The van der Waals surface area contributed by atoms with E-state index in [4.69, 9.17) is 10.2 Å². The highest BCUT2D eigenvalue weighted by Gasteiger charge is 2.22. The molecule has 0 spiro atoms. The number of hydrogen-bond donors (Lipinski definition) is 2. The third-order valence-electron chi connectivity index (χ3n) is 2.41. The molecule has 96 valence electrons.